The van der Waals surface area contributed by atoms with Crippen molar-refractivity contribution in [3.63, 3.8) is 0 Å². The Labute approximate surface area is 86.6 Å². The molecule has 0 fully saturated rings. The summed E-state index contributed by atoms with van der Waals surface area (Å²) < 4.78 is 39.8. The number of ether oxygens (including phenoxy) is 1. The number of rotatable bonds is 1. The number of hydrogen-bond donors (Lipinski definition) is 0. The molecule has 15 heavy (non-hydrogen) atoms. The minimum atomic E-state index is -4.16. The molecule has 4 nitrogen and oxygen atoms in total. The van der Waals surface area contributed by atoms with Crippen LogP contribution in [-0.2, 0) is 14.6 Å². The first-order valence-electron chi connectivity index (χ1n) is 3.99. The Hall–Kier alpha value is -1.43. The standard InChI is InChI=1S/C9H9FO4S/c1-6-5-7(3-4-8(6)10)15(12,13)9(11)14-2/h3-5H,1-2H3. The van der Waals surface area contributed by atoms with Gasteiger partial charge in [-0.3, -0.25) is 0 Å². The lowest BCUT2D eigenvalue weighted by Gasteiger charge is -2.03. The Morgan fingerprint density at radius 3 is 2.47 bits per heavy atom. The molecule has 82 valence electrons. The maximum atomic E-state index is 12.9. The maximum Gasteiger partial charge on any atom is 0.429 e. The van der Waals surface area contributed by atoms with E-state index >= 15 is 0 Å². The molecule has 0 aliphatic rings. The van der Waals surface area contributed by atoms with Gasteiger partial charge in [-0.1, -0.05) is 0 Å². The van der Waals surface area contributed by atoms with Gasteiger partial charge >= 0.3 is 5.30 Å². The number of hydrogen-bond acceptors (Lipinski definition) is 4. The second kappa shape index (κ2) is 3.98. The van der Waals surface area contributed by atoms with Crippen molar-refractivity contribution in [2.24, 2.45) is 0 Å². The van der Waals surface area contributed by atoms with Gasteiger partial charge in [0, 0.05) is 0 Å². The van der Waals surface area contributed by atoms with Gasteiger partial charge < -0.3 is 4.74 Å². The molecule has 0 saturated carbocycles. The van der Waals surface area contributed by atoms with Gasteiger partial charge in [0.15, 0.2) is 0 Å². The molecule has 0 amide bonds. The number of aryl methyl sites for hydroxylation is 1. The van der Waals surface area contributed by atoms with Crippen LogP contribution in [0.25, 0.3) is 0 Å². The van der Waals surface area contributed by atoms with Gasteiger partial charge in [-0.25, -0.2) is 17.6 Å². The molecule has 0 bridgehead atoms. The van der Waals surface area contributed by atoms with Crippen LogP contribution < -0.4 is 0 Å². The Bertz CT molecular complexity index is 493. The number of benzene rings is 1. The molecule has 0 spiro atoms. The summed E-state index contributed by atoms with van der Waals surface area (Å²) in [7, 11) is -3.19. The fraction of sp³-hybridized carbons (Fsp3) is 0.222. The van der Waals surface area contributed by atoms with Crippen LogP contribution in [0.15, 0.2) is 23.1 Å². The highest BCUT2D eigenvalue weighted by atomic mass is 32.2. The van der Waals surface area contributed by atoms with Gasteiger partial charge in [-0.05, 0) is 30.7 Å². The van der Waals surface area contributed by atoms with E-state index in [9.17, 15) is 17.6 Å². The highest BCUT2D eigenvalue weighted by molar-refractivity contribution is 8.05. The van der Waals surface area contributed by atoms with Crippen LogP contribution in [0.2, 0.25) is 0 Å². The van der Waals surface area contributed by atoms with Gasteiger partial charge in [0.1, 0.15) is 5.82 Å². The predicted octanol–water partition coefficient (Wildman–Crippen LogP) is 1.67. The van der Waals surface area contributed by atoms with Crippen LogP contribution in [-0.4, -0.2) is 20.8 Å². The fourth-order valence-electron chi connectivity index (χ4n) is 0.990. The lowest BCUT2D eigenvalue weighted by Crippen LogP contribution is -2.15. The molecule has 1 aromatic carbocycles. The van der Waals surface area contributed by atoms with Crippen LogP contribution in [0.1, 0.15) is 5.56 Å². The smallest absolute Gasteiger partial charge is 0.429 e. The van der Waals surface area contributed by atoms with E-state index in [1.54, 1.807) is 0 Å². The minimum Gasteiger partial charge on any atom is -0.457 e. The lowest BCUT2D eigenvalue weighted by molar-refractivity contribution is 0.197. The summed E-state index contributed by atoms with van der Waals surface area (Å²) in [4.78, 5) is 10.7. The summed E-state index contributed by atoms with van der Waals surface area (Å²) in [6.07, 6.45) is 0. The van der Waals surface area contributed by atoms with Crippen LogP contribution in [0.5, 0.6) is 0 Å². The molecule has 0 atom stereocenters. The van der Waals surface area contributed by atoms with Gasteiger partial charge in [0.2, 0.25) is 0 Å². The molecule has 0 saturated heterocycles. The van der Waals surface area contributed by atoms with E-state index in [1.807, 2.05) is 0 Å². The van der Waals surface area contributed by atoms with Gasteiger partial charge in [-0.2, -0.15) is 0 Å². The summed E-state index contributed by atoms with van der Waals surface area (Å²) in [6.45, 7) is 1.41. The molecule has 6 heteroatoms. The number of carbonyl (C=O) groups is 1. The van der Waals surface area contributed by atoms with Crippen molar-refractivity contribution in [1.82, 2.24) is 0 Å². The third-order valence-corrected chi connectivity index (χ3v) is 3.31. The van der Waals surface area contributed by atoms with E-state index in [0.717, 1.165) is 25.3 Å². The molecule has 0 N–H and O–H groups in total. The number of halogens is 1. The van der Waals surface area contributed by atoms with Crippen molar-refractivity contribution in [1.29, 1.82) is 0 Å². The molecule has 0 aliphatic heterocycles. The molecule has 0 aliphatic carbocycles. The van der Waals surface area contributed by atoms with E-state index in [-0.39, 0.29) is 10.5 Å². The van der Waals surface area contributed by atoms with E-state index in [0.29, 0.717) is 0 Å². The van der Waals surface area contributed by atoms with Crippen molar-refractivity contribution in [3.8, 4) is 0 Å². The number of carbonyl (C=O) groups excluding carboxylic acids is 1. The van der Waals surface area contributed by atoms with Crippen LogP contribution in [0.3, 0.4) is 0 Å². The van der Waals surface area contributed by atoms with Crippen LogP contribution >= 0.6 is 0 Å². The van der Waals surface area contributed by atoms with Gasteiger partial charge in [0.25, 0.3) is 9.84 Å². The van der Waals surface area contributed by atoms with Crippen LogP contribution in [0.4, 0.5) is 9.18 Å². The summed E-state index contributed by atoms with van der Waals surface area (Å²) in [5.74, 6) is -0.529. The Kier molecular flexibility index (Phi) is 3.09. The van der Waals surface area contributed by atoms with Gasteiger partial charge in [-0.15, -0.1) is 0 Å². The quantitative estimate of drug-likeness (QED) is 0.546. The zero-order valence-electron chi connectivity index (χ0n) is 8.15. The highest BCUT2D eigenvalue weighted by Gasteiger charge is 2.25. The van der Waals surface area contributed by atoms with Crippen molar-refractivity contribution in [2.75, 3.05) is 7.11 Å². The van der Waals surface area contributed by atoms with Crippen LogP contribution in [0, 0.1) is 12.7 Å². The van der Waals surface area contributed by atoms with Crippen molar-refractivity contribution < 1.29 is 22.3 Å². The van der Waals surface area contributed by atoms with Gasteiger partial charge in [0.05, 0.1) is 12.0 Å². The van der Waals surface area contributed by atoms with E-state index < -0.39 is 21.0 Å². The molecule has 0 heterocycles. The molecule has 0 radical (unpaired) electrons. The molecule has 0 unspecified atom stereocenters. The average molecular weight is 232 g/mol. The number of sulfone groups is 1. The zero-order valence-corrected chi connectivity index (χ0v) is 8.97. The first kappa shape index (κ1) is 11.6. The monoisotopic (exact) mass is 232 g/mol. The average Bonchev–Trinajstić information content (AvgIpc) is 2.20. The molecule has 1 aromatic rings. The second-order valence-electron chi connectivity index (χ2n) is 2.87. The Balaban J connectivity index is 3.29. The minimum absolute atomic E-state index is 0.153. The number of methoxy groups -OCH3 is 1. The first-order valence-corrected chi connectivity index (χ1v) is 5.47. The predicted molar refractivity (Wildman–Crippen MR) is 50.7 cm³/mol. The summed E-state index contributed by atoms with van der Waals surface area (Å²) in [6, 6.07) is 3.10. The van der Waals surface area contributed by atoms with Crippen molar-refractivity contribution in [2.45, 2.75) is 11.8 Å². The first-order chi connectivity index (χ1) is 6.89. The van der Waals surface area contributed by atoms with E-state index in [4.69, 9.17) is 0 Å². The second-order valence-corrected chi connectivity index (χ2v) is 4.68. The maximum absolute atomic E-state index is 12.9. The van der Waals surface area contributed by atoms with E-state index in [2.05, 4.69) is 4.74 Å². The topological polar surface area (TPSA) is 60.4 Å². The summed E-state index contributed by atoms with van der Waals surface area (Å²) in [5, 5.41) is -1.35. The fourth-order valence-corrected chi connectivity index (χ4v) is 1.98. The lowest BCUT2D eigenvalue weighted by atomic mass is 10.2. The Morgan fingerprint density at radius 2 is 2.00 bits per heavy atom. The summed E-state index contributed by atoms with van der Waals surface area (Å²) in [5.41, 5.74) is 0.153. The highest BCUT2D eigenvalue weighted by Crippen LogP contribution is 2.16. The normalized spacial score (nSPS) is 11.1. The largest absolute Gasteiger partial charge is 0.457 e. The SMILES string of the molecule is COC(=O)S(=O)(=O)c1ccc(F)c(C)c1. The molecular formula is C9H9FO4S. The van der Waals surface area contributed by atoms with E-state index in [1.165, 1.54) is 6.92 Å². The molecular weight excluding hydrogens is 223 g/mol. The van der Waals surface area contributed by atoms with Crippen molar-refractivity contribution >= 4 is 15.1 Å². The third-order valence-electron chi connectivity index (χ3n) is 1.83. The summed E-state index contributed by atoms with van der Waals surface area (Å²) >= 11 is 0. The molecule has 0 aromatic heterocycles. The Morgan fingerprint density at radius 1 is 1.40 bits per heavy atom. The molecule has 1 rings (SSSR count). The van der Waals surface area contributed by atoms with Crippen molar-refractivity contribution in [3.05, 3.63) is 29.6 Å². The zero-order chi connectivity index (χ0) is 11.6. The third kappa shape index (κ3) is 2.15.